The first-order chi connectivity index (χ1) is 6.34. The summed E-state index contributed by atoms with van der Waals surface area (Å²) in [6, 6.07) is 0. The molecule has 3 saturated carbocycles. The van der Waals surface area contributed by atoms with Crippen LogP contribution in [-0.4, -0.2) is 0 Å². The fourth-order valence-electron chi connectivity index (χ4n) is 5.35. The molecule has 0 heteroatoms. The lowest BCUT2D eigenvalue weighted by Crippen LogP contribution is -2.29. The maximum atomic E-state index is 2.54. The van der Waals surface area contributed by atoms with E-state index in [4.69, 9.17) is 0 Å². The van der Waals surface area contributed by atoms with E-state index < -0.39 is 0 Å². The van der Waals surface area contributed by atoms with Gasteiger partial charge < -0.3 is 0 Å². The van der Waals surface area contributed by atoms with Crippen molar-refractivity contribution < 1.29 is 0 Å². The van der Waals surface area contributed by atoms with E-state index in [2.05, 4.69) is 19.1 Å². The van der Waals surface area contributed by atoms with Gasteiger partial charge in [0.05, 0.1) is 0 Å². The number of allylic oxidation sites excluding steroid dienone is 2. The fourth-order valence-corrected chi connectivity index (χ4v) is 5.35. The molecule has 4 bridgehead atoms. The van der Waals surface area contributed by atoms with Crippen molar-refractivity contribution in [2.45, 2.75) is 26.2 Å². The zero-order valence-corrected chi connectivity index (χ0v) is 8.32. The van der Waals surface area contributed by atoms with Gasteiger partial charge in [-0.3, -0.25) is 0 Å². The largest absolute Gasteiger partial charge is 0.0848 e. The quantitative estimate of drug-likeness (QED) is 0.391. The Morgan fingerprint density at radius 2 is 1.69 bits per heavy atom. The predicted molar refractivity (Wildman–Crippen MR) is 53.1 cm³/mol. The van der Waals surface area contributed by atoms with E-state index in [1.807, 2.05) is 0 Å². The lowest BCUT2D eigenvalue weighted by Gasteiger charge is -2.35. The van der Waals surface area contributed by atoms with Gasteiger partial charge in [-0.05, 0) is 60.7 Å². The molecular weight excluding hydrogens is 156 g/mol. The maximum Gasteiger partial charge on any atom is -0.0194 e. The summed E-state index contributed by atoms with van der Waals surface area (Å²) in [5.74, 6) is 7.59. The molecule has 0 nitrogen and oxygen atoms in total. The Hall–Kier alpha value is -0.260. The second kappa shape index (κ2) is 2.04. The first-order valence-electron chi connectivity index (χ1n) is 6.03. The number of hydrogen-bond donors (Lipinski definition) is 0. The maximum absolute atomic E-state index is 2.54. The van der Waals surface area contributed by atoms with Crippen LogP contribution in [-0.2, 0) is 0 Å². The molecule has 0 radical (unpaired) electrons. The minimum Gasteiger partial charge on any atom is -0.0848 e. The van der Waals surface area contributed by atoms with Gasteiger partial charge in [-0.15, -0.1) is 0 Å². The summed E-state index contributed by atoms with van der Waals surface area (Å²) in [7, 11) is 0. The van der Waals surface area contributed by atoms with Crippen molar-refractivity contribution >= 4 is 0 Å². The van der Waals surface area contributed by atoms with E-state index in [9.17, 15) is 0 Å². The third kappa shape index (κ3) is 0.671. The van der Waals surface area contributed by atoms with E-state index in [0.29, 0.717) is 0 Å². The van der Waals surface area contributed by atoms with Gasteiger partial charge in [0.2, 0.25) is 0 Å². The SMILES string of the molecule is C[C@H]1C[C@H]2C[C@H]1C1C2[C@H]2C=C[C@@H]1C2. The Morgan fingerprint density at radius 1 is 0.923 bits per heavy atom. The van der Waals surface area contributed by atoms with E-state index in [-0.39, 0.29) is 0 Å². The highest BCUT2D eigenvalue weighted by Crippen LogP contribution is 2.66. The second-order valence-corrected chi connectivity index (χ2v) is 5.98. The normalized spacial score (nSPS) is 66.4. The highest BCUT2D eigenvalue weighted by Gasteiger charge is 2.59. The van der Waals surface area contributed by atoms with Gasteiger partial charge in [-0.2, -0.15) is 0 Å². The molecule has 4 rings (SSSR count). The van der Waals surface area contributed by atoms with Crippen molar-refractivity contribution in [2.24, 2.45) is 41.4 Å². The van der Waals surface area contributed by atoms with Crippen molar-refractivity contribution in [3.8, 4) is 0 Å². The third-order valence-corrected chi connectivity index (χ3v) is 5.60. The summed E-state index contributed by atoms with van der Waals surface area (Å²) in [6.45, 7) is 2.50. The van der Waals surface area contributed by atoms with Gasteiger partial charge in [0.1, 0.15) is 0 Å². The van der Waals surface area contributed by atoms with Gasteiger partial charge >= 0.3 is 0 Å². The molecule has 0 N–H and O–H groups in total. The van der Waals surface area contributed by atoms with Gasteiger partial charge in [-0.1, -0.05) is 19.1 Å². The van der Waals surface area contributed by atoms with Crippen molar-refractivity contribution in [1.82, 2.24) is 0 Å². The molecule has 0 heterocycles. The van der Waals surface area contributed by atoms with Crippen LogP contribution in [0.3, 0.4) is 0 Å². The topological polar surface area (TPSA) is 0 Å². The first-order valence-corrected chi connectivity index (χ1v) is 6.03. The molecule has 2 unspecified atom stereocenters. The predicted octanol–water partition coefficient (Wildman–Crippen LogP) is 3.10. The summed E-state index contributed by atoms with van der Waals surface area (Å²) in [6.07, 6.45) is 9.75. The molecule has 4 aliphatic rings. The zero-order chi connectivity index (χ0) is 8.58. The van der Waals surface area contributed by atoms with Crippen LogP contribution in [0.15, 0.2) is 12.2 Å². The van der Waals surface area contributed by atoms with Crippen LogP contribution in [0.4, 0.5) is 0 Å². The minimum absolute atomic E-state index is 1.01. The van der Waals surface area contributed by atoms with Crippen molar-refractivity contribution in [3.63, 3.8) is 0 Å². The molecule has 0 amide bonds. The monoisotopic (exact) mass is 174 g/mol. The number of fused-ring (bicyclic) bond motifs is 9. The van der Waals surface area contributed by atoms with Crippen molar-refractivity contribution in [1.29, 1.82) is 0 Å². The van der Waals surface area contributed by atoms with Crippen LogP contribution < -0.4 is 0 Å². The molecule has 70 valence electrons. The number of hydrogen-bond acceptors (Lipinski definition) is 0. The van der Waals surface area contributed by atoms with Crippen LogP contribution in [0, 0.1) is 41.4 Å². The van der Waals surface area contributed by atoms with Gasteiger partial charge in [0.15, 0.2) is 0 Å². The Kier molecular flexibility index (Phi) is 1.11. The average Bonchev–Trinajstić information content (AvgIpc) is 2.78. The molecular formula is C13H18. The second-order valence-electron chi connectivity index (χ2n) is 5.98. The summed E-state index contributed by atoms with van der Waals surface area (Å²) in [4.78, 5) is 0. The standard InChI is InChI=1S/C13H18/c1-7-4-10-6-11(7)13-9-3-2-8(5-9)12(10)13/h2-3,7-13H,4-6H2,1H3/t7-,8-,9+,10-,11+,12?,13?/m0/s1. The molecule has 0 aliphatic heterocycles. The average molecular weight is 174 g/mol. The first kappa shape index (κ1) is 7.09. The van der Waals surface area contributed by atoms with E-state index >= 15 is 0 Å². The smallest absolute Gasteiger partial charge is 0.0194 e. The van der Waals surface area contributed by atoms with Crippen molar-refractivity contribution in [2.75, 3.05) is 0 Å². The molecule has 0 saturated heterocycles. The Labute approximate surface area is 80.4 Å². The molecule has 0 aromatic carbocycles. The summed E-state index contributed by atoms with van der Waals surface area (Å²) in [5.41, 5.74) is 0. The third-order valence-electron chi connectivity index (χ3n) is 5.60. The Balaban J connectivity index is 1.79. The summed E-state index contributed by atoms with van der Waals surface area (Å²) < 4.78 is 0. The van der Waals surface area contributed by atoms with Crippen LogP contribution >= 0.6 is 0 Å². The lowest BCUT2D eigenvalue weighted by molar-refractivity contribution is 0.160. The van der Waals surface area contributed by atoms with E-state index in [0.717, 1.165) is 41.4 Å². The molecule has 0 spiro atoms. The summed E-state index contributed by atoms with van der Waals surface area (Å²) >= 11 is 0. The Morgan fingerprint density at radius 3 is 2.54 bits per heavy atom. The highest BCUT2D eigenvalue weighted by atomic mass is 14.6. The fraction of sp³-hybridized carbons (Fsp3) is 0.846. The molecule has 7 atom stereocenters. The Bertz CT molecular complexity index is 278. The van der Waals surface area contributed by atoms with Crippen LogP contribution in [0.1, 0.15) is 26.2 Å². The van der Waals surface area contributed by atoms with Crippen LogP contribution in [0.5, 0.6) is 0 Å². The minimum atomic E-state index is 1.01. The molecule has 4 aliphatic carbocycles. The van der Waals surface area contributed by atoms with Crippen LogP contribution in [0.25, 0.3) is 0 Å². The van der Waals surface area contributed by atoms with Crippen molar-refractivity contribution in [3.05, 3.63) is 12.2 Å². The van der Waals surface area contributed by atoms with E-state index in [1.54, 1.807) is 12.8 Å². The van der Waals surface area contributed by atoms with Gasteiger partial charge in [0, 0.05) is 0 Å². The molecule has 13 heavy (non-hydrogen) atoms. The van der Waals surface area contributed by atoms with E-state index in [1.165, 1.54) is 6.42 Å². The highest BCUT2D eigenvalue weighted by molar-refractivity contribution is 5.20. The molecule has 0 aromatic heterocycles. The zero-order valence-electron chi connectivity index (χ0n) is 8.32. The lowest BCUT2D eigenvalue weighted by atomic mass is 9.70. The molecule has 3 fully saturated rings. The summed E-state index contributed by atoms with van der Waals surface area (Å²) in [5, 5.41) is 0. The van der Waals surface area contributed by atoms with Gasteiger partial charge in [-0.25, -0.2) is 0 Å². The van der Waals surface area contributed by atoms with Gasteiger partial charge in [0.25, 0.3) is 0 Å². The van der Waals surface area contributed by atoms with Crippen LogP contribution in [0.2, 0.25) is 0 Å². The number of rotatable bonds is 0. The molecule has 0 aromatic rings.